The van der Waals surface area contributed by atoms with Gasteiger partial charge in [-0.15, -0.1) is 0 Å². The van der Waals surface area contributed by atoms with Crippen molar-refractivity contribution in [3.8, 4) is 0 Å². The van der Waals surface area contributed by atoms with Gasteiger partial charge in [0.25, 0.3) is 0 Å². The van der Waals surface area contributed by atoms with E-state index in [9.17, 15) is 4.39 Å². The number of ether oxygens (including phenoxy) is 1. The molecule has 2 nitrogen and oxygen atoms in total. The van der Waals surface area contributed by atoms with Gasteiger partial charge in [-0.3, -0.25) is 0 Å². The predicted octanol–water partition coefficient (Wildman–Crippen LogP) is 2.64. The van der Waals surface area contributed by atoms with Crippen molar-refractivity contribution in [2.24, 2.45) is 5.73 Å². The van der Waals surface area contributed by atoms with Gasteiger partial charge >= 0.3 is 0 Å². The van der Waals surface area contributed by atoms with Crippen LogP contribution in [0.4, 0.5) is 4.39 Å². The molecule has 2 atom stereocenters. The van der Waals surface area contributed by atoms with E-state index in [0.29, 0.717) is 12.1 Å². The molecule has 1 aromatic carbocycles. The summed E-state index contributed by atoms with van der Waals surface area (Å²) in [6, 6.07) is 6.60. The Balaban J connectivity index is 2.78. The molecule has 0 amide bonds. The summed E-state index contributed by atoms with van der Waals surface area (Å²) in [5, 5.41) is 0. The maximum Gasteiger partial charge on any atom is 0.129 e. The highest BCUT2D eigenvalue weighted by molar-refractivity contribution is 5.20. The average Bonchev–Trinajstić information content (AvgIpc) is 2.26. The summed E-state index contributed by atoms with van der Waals surface area (Å²) in [5.74, 6) is -0.253. The fraction of sp³-hybridized carbons (Fsp3) is 0.500. The lowest BCUT2D eigenvalue weighted by atomic mass is 10.1. The minimum absolute atomic E-state index is 0.0955. The third kappa shape index (κ3) is 3.29. The second-order valence-corrected chi connectivity index (χ2v) is 3.60. The smallest absolute Gasteiger partial charge is 0.129 e. The van der Waals surface area contributed by atoms with Crippen molar-refractivity contribution >= 4 is 0 Å². The first-order chi connectivity index (χ1) is 7.19. The number of rotatable bonds is 5. The zero-order valence-electron chi connectivity index (χ0n) is 9.24. The second kappa shape index (κ2) is 5.83. The van der Waals surface area contributed by atoms with Gasteiger partial charge in [-0.1, -0.05) is 25.1 Å². The van der Waals surface area contributed by atoms with Gasteiger partial charge in [0.15, 0.2) is 0 Å². The van der Waals surface area contributed by atoms with E-state index in [0.717, 1.165) is 6.42 Å². The van der Waals surface area contributed by atoms with E-state index >= 15 is 0 Å². The molecule has 2 N–H and O–H groups in total. The number of nitrogens with two attached hydrogens (primary N) is 1. The highest BCUT2D eigenvalue weighted by Gasteiger charge is 2.16. The quantitative estimate of drug-likeness (QED) is 0.812. The summed E-state index contributed by atoms with van der Waals surface area (Å²) in [7, 11) is 0. The van der Waals surface area contributed by atoms with Gasteiger partial charge in [0.1, 0.15) is 5.82 Å². The molecule has 0 aliphatic heterocycles. The molecule has 1 aromatic rings. The fourth-order valence-corrected chi connectivity index (χ4v) is 1.37. The van der Waals surface area contributed by atoms with Crippen LogP contribution in [0, 0.1) is 5.82 Å². The number of hydrogen-bond donors (Lipinski definition) is 1. The van der Waals surface area contributed by atoms with Crippen molar-refractivity contribution < 1.29 is 9.13 Å². The van der Waals surface area contributed by atoms with Crippen LogP contribution in [0.15, 0.2) is 24.3 Å². The first-order valence-corrected chi connectivity index (χ1v) is 5.29. The zero-order chi connectivity index (χ0) is 11.3. The Kier molecular flexibility index (Phi) is 4.72. The minimum Gasteiger partial charge on any atom is -0.369 e. The average molecular weight is 211 g/mol. The molecule has 3 heteroatoms. The molecule has 15 heavy (non-hydrogen) atoms. The van der Waals surface area contributed by atoms with Gasteiger partial charge in [0, 0.05) is 12.1 Å². The summed E-state index contributed by atoms with van der Waals surface area (Å²) in [5.41, 5.74) is 6.13. The lowest BCUT2D eigenvalue weighted by Gasteiger charge is -2.21. The third-order valence-electron chi connectivity index (χ3n) is 2.44. The van der Waals surface area contributed by atoms with Crippen LogP contribution in [-0.2, 0) is 4.74 Å². The minimum atomic E-state index is -0.346. The molecule has 0 aromatic heterocycles. The molecule has 0 saturated heterocycles. The van der Waals surface area contributed by atoms with E-state index in [-0.39, 0.29) is 18.0 Å². The number of benzene rings is 1. The third-order valence-corrected chi connectivity index (χ3v) is 2.44. The first-order valence-electron chi connectivity index (χ1n) is 5.29. The molecule has 0 bridgehead atoms. The first kappa shape index (κ1) is 12.1. The topological polar surface area (TPSA) is 35.2 Å². The molecular weight excluding hydrogens is 193 g/mol. The Morgan fingerprint density at radius 3 is 2.60 bits per heavy atom. The molecule has 0 fully saturated rings. The van der Waals surface area contributed by atoms with Gasteiger partial charge in [-0.25, -0.2) is 4.39 Å². The lowest BCUT2D eigenvalue weighted by molar-refractivity contribution is -0.00177. The van der Waals surface area contributed by atoms with Crippen LogP contribution in [0.1, 0.15) is 31.9 Å². The molecule has 84 valence electrons. The fourth-order valence-electron chi connectivity index (χ4n) is 1.37. The van der Waals surface area contributed by atoms with Crippen LogP contribution in [0.3, 0.4) is 0 Å². The Morgan fingerprint density at radius 1 is 1.40 bits per heavy atom. The van der Waals surface area contributed by atoms with Crippen molar-refractivity contribution in [3.05, 3.63) is 35.6 Å². The van der Waals surface area contributed by atoms with Crippen molar-refractivity contribution in [3.63, 3.8) is 0 Å². The SMILES string of the molecule is CCC(C)OC(CN)c1ccccc1F. The van der Waals surface area contributed by atoms with Crippen molar-refractivity contribution in [1.82, 2.24) is 0 Å². The molecule has 0 aliphatic rings. The molecule has 0 heterocycles. The van der Waals surface area contributed by atoms with Crippen LogP contribution < -0.4 is 5.73 Å². The summed E-state index contributed by atoms with van der Waals surface area (Å²) in [6.07, 6.45) is 0.643. The van der Waals surface area contributed by atoms with Crippen LogP contribution in [0.25, 0.3) is 0 Å². The lowest BCUT2D eigenvalue weighted by Crippen LogP contribution is -2.21. The molecule has 0 saturated carbocycles. The van der Waals surface area contributed by atoms with Crippen LogP contribution in [0.5, 0.6) is 0 Å². The standard InChI is InChI=1S/C12H18FNO/c1-3-9(2)15-12(8-14)10-6-4-5-7-11(10)13/h4-7,9,12H,3,8,14H2,1-2H3. The van der Waals surface area contributed by atoms with Gasteiger partial charge in [0.2, 0.25) is 0 Å². The van der Waals surface area contributed by atoms with E-state index in [1.54, 1.807) is 18.2 Å². The summed E-state index contributed by atoms with van der Waals surface area (Å²) >= 11 is 0. The highest BCUT2D eigenvalue weighted by Crippen LogP contribution is 2.21. The zero-order valence-corrected chi connectivity index (χ0v) is 9.24. The number of hydrogen-bond acceptors (Lipinski definition) is 2. The normalized spacial score (nSPS) is 14.9. The van der Waals surface area contributed by atoms with Crippen molar-refractivity contribution in [1.29, 1.82) is 0 Å². The summed E-state index contributed by atoms with van der Waals surface area (Å²) in [6.45, 7) is 4.29. The maximum atomic E-state index is 13.4. The molecule has 0 spiro atoms. The van der Waals surface area contributed by atoms with Gasteiger partial charge in [0.05, 0.1) is 12.2 Å². The van der Waals surface area contributed by atoms with E-state index in [1.165, 1.54) is 6.07 Å². The van der Waals surface area contributed by atoms with Crippen molar-refractivity contribution in [2.45, 2.75) is 32.5 Å². The van der Waals surface area contributed by atoms with Crippen molar-refractivity contribution in [2.75, 3.05) is 6.54 Å². The van der Waals surface area contributed by atoms with Gasteiger partial charge < -0.3 is 10.5 Å². The van der Waals surface area contributed by atoms with Gasteiger partial charge in [-0.05, 0) is 19.4 Å². The molecule has 2 unspecified atom stereocenters. The Hall–Kier alpha value is -0.930. The predicted molar refractivity (Wildman–Crippen MR) is 59.0 cm³/mol. The van der Waals surface area contributed by atoms with E-state index in [2.05, 4.69) is 0 Å². The Labute approximate surface area is 90.2 Å². The highest BCUT2D eigenvalue weighted by atomic mass is 19.1. The Morgan fingerprint density at radius 2 is 2.07 bits per heavy atom. The molecule has 0 radical (unpaired) electrons. The summed E-state index contributed by atoms with van der Waals surface area (Å²) < 4.78 is 19.1. The molecule has 0 aliphatic carbocycles. The molecule has 1 rings (SSSR count). The maximum absolute atomic E-state index is 13.4. The van der Waals surface area contributed by atoms with Gasteiger partial charge in [-0.2, -0.15) is 0 Å². The second-order valence-electron chi connectivity index (χ2n) is 3.60. The Bertz CT molecular complexity index is 303. The largest absolute Gasteiger partial charge is 0.369 e. The van der Waals surface area contributed by atoms with Crippen LogP contribution in [0.2, 0.25) is 0 Å². The monoisotopic (exact) mass is 211 g/mol. The number of halogens is 1. The molecular formula is C12H18FNO. The van der Waals surface area contributed by atoms with E-state index in [1.807, 2.05) is 13.8 Å². The van der Waals surface area contributed by atoms with E-state index in [4.69, 9.17) is 10.5 Å². The van der Waals surface area contributed by atoms with Crippen LogP contribution >= 0.6 is 0 Å². The van der Waals surface area contributed by atoms with E-state index < -0.39 is 0 Å². The van der Waals surface area contributed by atoms with Crippen LogP contribution in [-0.4, -0.2) is 12.6 Å². The summed E-state index contributed by atoms with van der Waals surface area (Å²) in [4.78, 5) is 0.